The second kappa shape index (κ2) is 5.48. The Kier molecular flexibility index (Phi) is 4.84. The van der Waals surface area contributed by atoms with Gasteiger partial charge in [0.15, 0.2) is 0 Å². The van der Waals surface area contributed by atoms with Crippen molar-refractivity contribution in [2.45, 2.75) is 32.2 Å². The van der Waals surface area contributed by atoms with Crippen LogP contribution in [0.5, 0.6) is 0 Å². The second-order valence-corrected chi connectivity index (χ2v) is 5.24. The Morgan fingerprint density at radius 1 is 1.47 bits per heavy atom. The molecular weight excluding hydrogens is 210 g/mol. The molecule has 2 heterocycles. The Bertz CT molecular complexity index is 190. The van der Waals surface area contributed by atoms with Gasteiger partial charge in [-0.1, -0.05) is 0 Å². The first-order valence-corrected chi connectivity index (χ1v) is 5.89. The Morgan fingerprint density at radius 2 is 2.27 bits per heavy atom. The molecule has 0 aromatic heterocycles. The van der Waals surface area contributed by atoms with Crippen LogP contribution in [-0.4, -0.2) is 43.7 Å². The maximum Gasteiger partial charge on any atom is 0.0139 e. The van der Waals surface area contributed by atoms with Crippen molar-refractivity contribution < 1.29 is 0 Å². The van der Waals surface area contributed by atoms with Crippen molar-refractivity contribution in [1.29, 1.82) is 0 Å². The molecule has 2 unspecified atom stereocenters. The second-order valence-electron chi connectivity index (χ2n) is 5.24. The molecule has 3 N–H and O–H groups in total. The van der Waals surface area contributed by atoms with Crippen LogP contribution in [-0.2, 0) is 0 Å². The molecule has 4 heteroatoms. The van der Waals surface area contributed by atoms with Crippen LogP contribution in [0.15, 0.2) is 0 Å². The zero-order chi connectivity index (χ0) is 10.0. The van der Waals surface area contributed by atoms with Crippen LogP contribution < -0.4 is 11.1 Å². The standard InChI is InChI=1S/C11H23N3.ClH/c1-10(12)7-14-6-4-11(9-14)3-2-5-13-8-11;/h10,13H,2-9,12H2,1H3;1H. The fraction of sp³-hybridized carbons (Fsp3) is 1.00. The number of nitrogens with zero attached hydrogens (tertiary/aromatic N) is 1. The quantitative estimate of drug-likeness (QED) is 0.743. The van der Waals surface area contributed by atoms with Crippen LogP contribution in [0.1, 0.15) is 26.2 Å². The largest absolute Gasteiger partial charge is 0.327 e. The molecule has 2 rings (SSSR count). The smallest absolute Gasteiger partial charge is 0.0139 e. The van der Waals surface area contributed by atoms with E-state index in [2.05, 4.69) is 17.1 Å². The van der Waals surface area contributed by atoms with Gasteiger partial charge < -0.3 is 16.0 Å². The van der Waals surface area contributed by atoms with Crippen molar-refractivity contribution in [3.8, 4) is 0 Å². The van der Waals surface area contributed by atoms with Gasteiger partial charge in [-0.05, 0) is 44.7 Å². The molecule has 0 aliphatic carbocycles. The van der Waals surface area contributed by atoms with Crippen molar-refractivity contribution in [3.05, 3.63) is 0 Å². The zero-order valence-electron chi connectivity index (χ0n) is 9.67. The highest BCUT2D eigenvalue weighted by atomic mass is 35.5. The van der Waals surface area contributed by atoms with Crippen LogP contribution in [0.25, 0.3) is 0 Å². The summed E-state index contributed by atoms with van der Waals surface area (Å²) in [6, 6.07) is 0.321. The van der Waals surface area contributed by atoms with E-state index in [9.17, 15) is 0 Å². The SMILES string of the molecule is CC(N)CN1CCC2(CCCNC2)C1.Cl. The van der Waals surface area contributed by atoms with E-state index in [0.717, 1.165) is 6.54 Å². The molecule has 2 saturated heterocycles. The molecule has 3 nitrogen and oxygen atoms in total. The number of halogens is 1. The summed E-state index contributed by atoms with van der Waals surface area (Å²) in [6.07, 6.45) is 4.13. The number of likely N-dealkylation sites (tertiary alicyclic amines) is 1. The average Bonchev–Trinajstić information content (AvgIpc) is 2.49. The van der Waals surface area contributed by atoms with Crippen LogP contribution >= 0.6 is 12.4 Å². The average molecular weight is 234 g/mol. The first kappa shape index (κ1) is 13.2. The summed E-state index contributed by atoms with van der Waals surface area (Å²) in [6.45, 7) is 8.13. The molecule has 90 valence electrons. The summed E-state index contributed by atoms with van der Waals surface area (Å²) in [4.78, 5) is 2.54. The normalized spacial score (nSPS) is 34.0. The van der Waals surface area contributed by atoms with E-state index in [1.807, 2.05) is 0 Å². The lowest BCUT2D eigenvalue weighted by atomic mass is 9.80. The van der Waals surface area contributed by atoms with Gasteiger partial charge in [0.2, 0.25) is 0 Å². The highest BCUT2D eigenvalue weighted by Gasteiger charge is 2.38. The molecule has 0 bridgehead atoms. The third-order valence-corrected chi connectivity index (χ3v) is 3.62. The molecule has 1 spiro atoms. The van der Waals surface area contributed by atoms with Crippen molar-refractivity contribution in [2.24, 2.45) is 11.1 Å². The van der Waals surface area contributed by atoms with Gasteiger partial charge in [-0.2, -0.15) is 0 Å². The fourth-order valence-electron chi connectivity index (χ4n) is 2.97. The van der Waals surface area contributed by atoms with Crippen molar-refractivity contribution >= 4 is 12.4 Å². The lowest BCUT2D eigenvalue weighted by Gasteiger charge is -2.34. The number of hydrogen-bond donors (Lipinski definition) is 2. The van der Waals surface area contributed by atoms with Gasteiger partial charge in [0.1, 0.15) is 0 Å². The van der Waals surface area contributed by atoms with Gasteiger partial charge in [0.25, 0.3) is 0 Å². The third-order valence-electron chi connectivity index (χ3n) is 3.62. The molecule has 0 aromatic rings. The van der Waals surface area contributed by atoms with Gasteiger partial charge in [0.05, 0.1) is 0 Å². The maximum absolute atomic E-state index is 5.83. The Hall–Kier alpha value is 0.170. The van der Waals surface area contributed by atoms with Crippen molar-refractivity contribution in [3.63, 3.8) is 0 Å². The number of rotatable bonds is 2. The van der Waals surface area contributed by atoms with Gasteiger partial charge in [-0.3, -0.25) is 0 Å². The predicted molar refractivity (Wildman–Crippen MR) is 66.5 cm³/mol. The van der Waals surface area contributed by atoms with E-state index in [-0.39, 0.29) is 12.4 Å². The van der Waals surface area contributed by atoms with E-state index in [0.29, 0.717) is 11.5 Å². The van der Waals surface area contributed by atoms with E-state index in [4.69, 9.17) is 5.73 Å². The molecule has 2 atom stereocenters. The monoisotopic (exact) mass is 233 g/mol. The van der Waals surface area contributed by atoms with Gasteiger partial charge >= 0.3 is 0 Å². The first-order chi connectivity index (χ1) is 6.70. The number of hydrogen-bond acceptors (Lipinski definition) is 3. The molecular formula is C11H24ClN3. The topological polar surface area (TPSA) is 41.3 Å². The van der Waals surface area contributed by atoms with Gasteiger partial charge in [-0.25, -0.2) is 0 Å². The summed E-state index contributed by atoms with van der Waals surface area (Å²) in [7, 11) is 0. The Balaban J connectivity index is 0.00000112. The fourth-order valence-corrected chi connectivity index (χ4v) is 2.97. The number of nitrogens with one attached hydrogen (secondary N) is 1. The highest BCUT2D eigenvalue weighted by molar-refractivity contribution is 5.85. The summed E-state index contributed by atoms with van der Waals surface area (Å²) >= 11 is 0. The van der Waals surface area contributed by atoms with E-state index < -0.39 is 0 Å². The lowest BCUT2D eigenvalue weighted by Crippen LogP contribution is -2.43. The summed E-state index contributed by atoms with van der Waals surface area (Å²) in [5.41, 5.74) is 6.42. The highest BCUT2D eigenvalue weighted by Crippen LogP contribution is 2.36. The van der Waals surface area contributed by atoms with E-state index in [1.54, 1.807) is 0 Å². The van der Waals surface area contributed by atoms with Gasteiger partial charge in [0, 0.05) is 25.7 Å². The Morgan fingerprint density at radius 3 is 2.87 bits per heavy atom. The summed E-state index contributed by atoms with van der Waals surface area (Å²) in [5, 5.41) is 3.53. The number of piperidine rings is 1. The zero-order valence-corrected chi connectivity index (χ0v) is 10.5. The minimum absolute atomic E-state index is 0. The minimum atomic E-state index is 0. The minimum Gasteiger partial charge on any atom is -0.327 e. The third kappa shape index (κ3) is 3.31. The lowest BCUT2D eigenvalue weighted by molar-refractivity contribution is 0.199. The molecule has 2 fully saturated rings. The van der Waals surface area contributed by atoms with Crippen LogP contribution in [0.3, 0.4) is 0 Å². The van der Waals surface area contributed by atoms with E-state index >= 15 is 0 Å². The summed E-state index contributed by atoms with van der Waals surface area (Å²) < 4.78 is 0. The molecule has 2 aliphatic rings. The molecule has 2 aliphatic heterocycles. The van der Waals surface area contributed by atoms with Crippen molar-refractivity contribution in [2.75, 3.05) is 32.7 Å². The predicted octanol–water partition coefficient (Wildman–Crippen LogP) is 0.831. The number of nitrogens with two attached hydrogens (primary N) is 1. The first-order valence-electron chi connectivity index (χ1n) is 5.89. The van der Waals surface area contributed by atoms with Crippen molar-refractivity contribution in [1.82, 2.24) is 10.2 Å². The molecule has 0 amide bonds. The van der Waals surface area contributed by atoms with Gasteiger partial charge in [-0.15, -0.1) is 12.4 Å². The Labute approximate surface area is 99.2 Å². The molecule has 0 radical (unpaired) electrons. The summed E-state index contributed by atoms with van der Waals surface area (Å²) in [5.74, 6) is 0. The molecule has 15 heavy (non-hydrogen) atoms. The van der Waals surface area contributed by atoms with Crippen LogP contribution in [0, 0.1) is 5.41 Å². The maximum atomic E-state index is 5.83. The van der Waals surface area contributed by atoms with E-state index in [1.165, 1.54) is 45.4 Å². The molecule has 0 saturated carbocycles. The van der Waals surface area contributed by atoms with Crippen LogP contribution in [0.2, 0.25) is 0 Å². The van der Waals surface area contributed by atoms with Crippen LogP contribution in [0.4, 0.5) is 0 Å². The molecule has 0 aromatic carbocycles.